The lowest BCUT2D eigenvalue weighted by Gasteiger charge is -2.25. The van der Waals surface area contributed by atoms with E-state index in [1.807, 2.05) is 0 Å². The summed E-state index contributed by atoms with van der Waals surface area (Å²) in [6, 6.07) is 3.42. The van der Waals surface area contributed by atoms with Gasteiger partial charge < -0.3 is 14.8 Å². The lowest BCUT2D eigenvalue weighted by molar-refractivity contribution is -0.387. The number of alkyl carbamates (subject to hydrolysis) is 1. The van der Waals surface area contributed by atoms with Gasteiger partial charge in [-0.2, -0.15) is 4.31 Å². The fraction of sp³-hybridized carbons (Fsp3) is 0.500. The van der Waals surface area contributed by atoms with E-state index in [1.54, 1.807) is 20.8 Å². The monoisotopic (exact) mass is 417 g/mol. The first-order valence-corrected chi connectivity index (χ1v) is 9.50. The fourth-order valence-electron chi connectivity index (χ4n) is 2.12. The molecule has 1 amide bonds. The van der Waals surface area contributed by atoms with Crippen LogP contribution < -0.4 is 5.32 Å². The van der Waals surface area contributed by atoms with Crippen molar-refractivity contribution in [2.75, 3.05) is 20.7 Å². The van der Waals surface area contributed by atoms with Crippen molar-refractivity contribution in [3.8, 4) is 0 Å². The molecule has 11 nitrogen and oxygen atoms in total. The number of sulfonamides is 1. The second-order valence-electron chi connectivity index (χ2n) is 6.73. The summed E-state index contributed by atoms with van der Waals surface area (Å²) in [5.41, 5.74) is -1.45. The highest BCUT2D eigenvalue weighted by Crippen LogP contribution is 2.25. The van der Waals surface area contributed by atoms with Gasteiger partial charge in [-0.15, -0.1) is 0 Å². The van der Waals surface area contributed by atoms with Gasteiger partial charge in [0.05, 0.1) is 12.0 Å². The molecule has 0 heterocycles. The molecule has 1 rings (SSSR count). The van der Waals surface area contributed by atoms with Crippen LogP contribution in [-0.4, -0.2) is 62.1 Å². The summed E-state index contributed by atoms with van der Waals surface area (Å²) in [5, 5.41) is 13.4. The quantitative estimate of drug-likeness (QED) is 0.397. The molecular formula is C16H23N3O8S. The van der Waals surface area contributed by atoms with Gasteiger partial charge in [0.2, 0.25) is 10.0 Å². The van der Waals surface area contributed by atoms with Gasteiger partial charge in [-0.05, 0) is 26.8 Å². The van der Waals surface area contributed by atoms with Crippen molar-refractivity contribution in [3.05, 3.63) is 34.4 Å². The third-order valence-electron chi connectivity index (χ3n) is 3.37. The summed E-state index contributed by atoms with van der Waals surface area (Å²) in [4.78, 5) is 33.7. The number of likely N-dealkylation sites (N-methyl/N-ethyl adjacent to an activating group) is 1. The highest BCUT2D eigenvalue weighted by molar-refractivity contribution is 7.89. The maximum Gasteiger partial charge on any atom is 0.408 e. The Morgan fingerprint density at radius 3 is 2.36 bits per heavy atom. The predicted octanol–water partition coefficient (Wildman–Crippen LogP) is 1.28. The average Bonchev–Trinajstić information content (AvgIpc) is 2.58. The molecule has 0 saturated carbocycles. The predicted molar refractivity (Wildman–Crippen MR) is 98.1 cm³/mol. The van der Waals surface area contributed by atoms with E-state index in [-0.39, 0.29) is 0 Å². The van der Waals surface area contributed by atoms with Gasteiger partial charge >= 0.3 is 12.1 Å². The van der Waals surface area contributed by atoms with E-state index in [9.17, 15) is 28.1 Å². The first-order chi connectivity index (χ1) is 12.8. The van der Waals surface area contributed by atoms with E-state index in [1.165, 1.54) is 12.1 Å². The van der Waals surface area contributed by atoms with Crippen LogP contribution in [-0.2, 0) is 24.3 Å². The number of ether oxygens (including phenoxy) is 2. The van der Waals surface area contributed by atoms with Gasteiger partial charge in [-0.1, -0.05) is 12.1 Å². The number of hydrogen-bond donors (Lipinski definition) is 1. The number of para-hydroxylation sites is 1. The molecule has 1 aromatic rings. The van der Waals surface area contributed by atoms with Gasteiger partial charge in [0.25, 0.3) is 5.69 Å². The molecule has 0 unspecified atom stereocenters. The van der Waals surface area contributed by atoms with Crippen molar-refractivity contribution in [1.82, 2.24) is 9.62 Å². The van der Waals surface area contributed by atoms with Crippen LogP contribution in [0.3, 0.4) is 0 Å². The number of nitro benzene ring substituents is 1. The van der Waals surface area contributed by atoms with Gasteiger partial charge in [-0.3, -0.25) is 10.1 Å². The van der Waals surface area contributed by atoms with E-state index in [0.29, 0.717) is 4.31 Å². The number of nitrogens with one attached hydrogen (secondary N) is 1. The summed E-state index contributed by atoms with van der Waals surface area (Å²) in [6.45, 7) is 4.32. The number of carbonyl (C=O) groups excluding carboxylic acids is 2. The molecule has 0 bridgehead atoms. The van der Waals surface area contributed by atoms with Crippen LogP contribution in [0.15, 0.2) is 29.2 Å². The van der Waals surface area contributed by atoms with Gasteiger partial charge in [-0.25, -0.2) is 18.0 Å². The highest BCUT2D eigenvalue weighted by Gasteiger charge is 2.33. The van der Waals surface area contributed by atoms with E-state index < -0.39 is 55.8 Å². The fourth-order valence-corrected chi connectivity index (χ4v) is 3.46. The Bertz CT molecular complexity index is 848. The smallest absolute Gasteiger partial charge is 0.408 e. The summed E-state index contributed by atoms with van der Waals surface area (Å²) in [7, 11) is -2.13. The van der Waals surface area contributed by atoms with Crippen molar-refractivity contribution in [1.29, 1.82) is 0 Å². The molecule has 0 aromatic heterocycles. The van der Waals surface area contributed by atoms with Crippen LogP contribution in [0.4, 0.5) is 10.5 Å². The molecule has 1 atom stereocenters. The van der Waals surface area contributed by atoms with Gasteiger partial charge in [0, 0.05) is 19.7 Å². The van der Waals surface area contributed by atoms with Crippen molar-refractivity contribution >= 4 is 27.8 Å². The Kier molecular flexibility index (Phi) is 7.47. The van der Waals surface area contributed by atoms with Crippen molar-refractivity contribution in [3.63, 3.8) is 0 Å². The first kappa shape index (κ1) is 23.3. The van der Waals surface area contributed by atoms with E-state index >= 15 is 0 Å². The third-order valence-corrected chi connectivity index (χ3v) is 5.24. The molecule has 156 valence electrons. The third kappa shape index (κ3) is 6.16. The molecule has 0 radical (unpaired) electrons. The molecule has 0 saturated heterocycles. The van der Waals surface area contributed by atoms with Crippen molar-refractivity contribution in [2.45, 2.75) is 37.3 Å². The zero-order valence-electron chi connectivity index (χ0n) is 16.2. The number of hydrogen-bond acceptors (Lipinski definition) is 8. The molecule has 0 aliphatic heterocycles. The number of methoxy groups -OCH3 is 1. The van der Waals surface area contributed by atoms with Gasteiger partial charge in [0.15, 0.2) is 4.90 Å². The van der Waals surface area contributed by atoms with E-state index in [4.69, 9.17) is 4.74 Å². The minimum atomic E-state index is -4.33. The number of benzene rings is 1. The average molecular weight is 417 g/mol. The Hall–Kier alpha value is -2.73. The number of esters is 1. The van der Waals surface area contributed by atoms with Crippen LogP contribution in [0, 0.1) is 10.1 Å². The van der Waals surface area contributed by atoms with E-state index in [2.05, 4.69) is 10.1 Å². The molecule has 0 fully saturated rings. The topological polar surface area (TPSA) is 145 Å². The number of nitrogens with zero attached hydrogens (tertiary/aromatic N) is 2. The zero-order chi connectivity index (χ0) is 21.7. The van der Waals surface area contributed by atoms with Crippen LogP contribution in [0.1, 0.15) is 20.8 Å². The molecule has 0 aliphatic carbocycles. The minimum Gasteiger partial charge on any atom is -0.467 e. The van der Waals surface area contributed by atoms with Crippen LogP contribution in [0.2, 0.25) is 0 Å². The first-order valence-electron chi connectivity index (χ1n) is 8.06. The SMILES string of the molecule is COC(=O)[C@H](CN(C)S(=O)(=O)c1ccccc1[N+](=O)[O-])NC(=O)OC(C)(C)C. The van der Waals surface area contributed by atoms with Crippen molar-refractivity contribution < 1.29 is 32.4 Å². The Labute approximate surface area is 162 Å². The maximum absolute atomic E-state index is 12.7. The number of nitro groups is 1. The van der Waals surface area contributed by atoms with Crippen molar-refractivity contribution in [2.24, 2.45) is 0 Å². The number of amides is 1. The summed E-state index contributed by atoms with van der Waals surface area (Å²) in [5.74, 6) is -0.907. The van der Waals surface area contributed by atoms with Gasteiger partial charge in [0.1, 0.15) is 11.6 Å². The van der Waals surface area contributed by atoms with Crippen LogP contribution in [0.5, 0.6) is 0 Å². The summed E-state index contributed by atoms with van der Waals surface area (Å²) in [6.07, 6.45) is -0.945. The molecular weight excluding hydrogens is 394 g/mol. The van der Waals surface area contributed by atoms with Crippen LogP contribution >= 0.6 is 0 Å². The second-order valence-corrected chi connectivity index (χ2v) is 8.75. The molecule has 0 spiro atoms. The number of carbonyl (C=O) groups is 2. The summed E-state index contributed by atoms with van der Waals surface area (Å²) < 4.78 is 35.8. The Morgan fingerprint density at radius 1 is 1.29 bits per heavy atom. The standard InChI is InChI=1S/C16H23N3O8S/c1-16(2,3)27-15(21)17-11(14(20)26-5)10-18(4)28(24,25)13-9-7-6-8-12(13)19(22)23/h6-9,11H,10H2,1-5H3,(H,17,21)/t11-/m0/s1. The molecule has 1 aromatic carbocycles. The van der Waals surface area contributed by atoms with Crippen LogP contribution in [0.25, 0.3) is 0 Å². The second kappa shape index (κ2) is 8.97. The molecule has 28 heavy (non-hydrogen) atoms. The molecule has 12 heteroatoms. The highest BCUT2D eigenvalue weighted by atomic mass is 32.2. The Morgan fingerprint density at radius 2 is 1.86 bits per heavy atom. The van der Waals surface area contributed by atoms with E-state index in [0.717, 1.165) is 26.3 Å². The Balaban J connectivity index is 3.11. The zero-order valence-corrected chi connectivity index (χ0v) is 17.0. The minimum absolute atomic E-state index is 0.527. The lowest BCUT2D eigenvalue weighted by atomic mass is 10.2. The number of rotatable bonds is 7. The summed E-state index contributed by atoms with van der Waals surface area (Å²) >= 11 is 0. The maximum atomic E-state index is 12.7. The lowest BCUT2D eigenvalue weighted by Crippen LogP contribution is -2.50. The molecule has 1 N–H and O–H groups in total. The normalized spacial score (nSPS) is 12.9. The largest absolute Gasteiger partial charge is 0.467 e. The molecule has 0 aliphatic rings.